The minimum absolute atomic E-state index is 0.0507. The highest BCUT2D eigenvalue weighted by atomic mass is 16.2. The van der Waals surface area contributed by atoms with Crippen LogP contribution in [-0.4, -0.2) is 16.8 Å². The van der Waals surface area contributed by atoms with Crippen LogP contribution in [0, 0.1) is 19.8 Å². The molecule has 28 heavy (non-hydrogen) atoms. The third kappa shape index (κ3) is 2.96. The molecule has 6 heteroatoms. The van der Waals surface area contributed by atoms with Crippen LogP contribution in [0.3, 0.4) is 0 Å². The molecule has 6 N–H and O–H groups in total. The van der Waals surface area contributed by atoms with E-state index >= 15 is 0 Å². The van der Waals surface area contributed by atoms with Crippen LogP contribution >= 0.6 is 0 Å². The number of nitrogens with two attached hydrogens (primary N) is 2. The van der Waals surface area contributed by atoms with Crippen LogP contribution in [0.15, 0.2) is 30.3 Å². The van der Waals surface area contributed by atoms with Crippen LogP contribution in [0.25, 0.3) is 22.0 Å². The van der Waals surface area contributed by atoms with Crippen molar-refractivity contribution in [1.29, 1.82) is 0 Å². The number of hydrogen-bond acceptors (Lipinski definition) is 3. The molecule has 0 bridgehead atoms. The highest BCUT2D eigenvalue weighted by Gasteiger charge is 2.30. The lowest BCUT2D eigenvalue weighted by Crippen LogP contribution is -2.16. The summed E-state index contributed by atoms with van der Waals surface area (Å²) >= 11 is 0. The summed E-state index contributed by atoms with van der Waals surface area (Å²) in [5.41, 5.74) is 18.4. The van der Waals surface area contributed by atoms with Gasteiger partial charge in [0.2, 0.25) is 5.91 Å². The van der Waals surface area contributed by atoms with E-state index in [0.29, 0.717) is 5.56 Å². The van der Waals surface area contributed by atoms with Crippen LogP contribution in [0.5, 0.6) is 0 Å². The zero-order chi connectivity index (χ0) is 20.0. The monoisotopic (exact) mass is 376 g/mol. The first-order valence-electron chi connectivity index (χ1n) is 9.47. The molecule has 2 amide bonds. The van der Waals surface area contributed by atoms with Crippen molar-refractivity contribution >= 4 is 28.4 Å². The minimum atomic E-state index is -0.470. The van der Waals surface area contributed by atoms with Crippen molar-refractivity contribution in [3.63, 3.8) is 0 Å². The van der Waals surface area contributed by atoms with Gasteiger partial charge >= 0.3 is 0 Å². The van der Waals surface area contributed by atoms with Crippen LogP contribution in [-0.2, 0) is 11.3 Å². The number of aromatic nitrogens is 1. The molecule has 0 aliphatic heterocycles. The molecule has 2 aromatic carbocycles. The standard InChI is InChI=1S/C22H24N4O2/c1-11-12(2)25-20-16(21(24)27)9-8-15(19(11)20)14-4-3-5-18(17(14)10-23)26-22(28)13-6-7-13/h3-5,8-9,13,25H,6-7,10,23H2,1-2H3,(H2,24,27)(H,26,28). The van der Waals surface area contributed by atoms with Gasteiger partial charge in [0.15, 0.2) is 0 Å². The van der Waals surface area contributed by atoms with Gasteiger partial charge in [-0.15, -0.1) is 0 Å². The van der Waals surface area contributed by atoms with Crippen molar-refractivity contribution in [3.05, 3.63) is 52.7 Å². The summed E-state index contributed by atoms with van der Waals surface area (Å²) in [6.07, 6.45) is 1.89. The van der Waals surface area contributed by atoms with Crippen molar-refractivity contribution in [2.45, 2.75) is 33.2 Å². The summed E-state index contributed by atoms with van der Waals surface area (Å²) < 4.78 is 0. The summed E-state index contributed by atoms with van der Waals surface area (Å²) in [6, 6.07) is 9.44. The number of H-pyrrole nitrogens is 1. The SMILES string of the molecule is Cc1[nH]c2c(C(N)=O)ccc(-c3cccc(NC(=O)C4CC4)c3CN)c2c1C. The maximum absolute atomic E-state index is 12.3. The Morgan fingerprint density at radius 2 is 1.89 bits per heavy atom. The van der Waals surface area contributed by atoms with Crippen LogP contribution in [0.1, 0.15) is 40.0 Å². The molecule has 1 saturated carbocycles. The zero-order valence-corrected chi connectivity index (χ0v) is 16.1. The Labute approximate surface area is 163 Å². The summed E-state index contributed by atoms with van der Waals surface area (Å²) in [5, 5.41) is 3.98. The lowest BCUT2D eigenvalue weighted by Gasteiger charge is -2.16. The second kappa shape index (κ2) is 6.80. The molecule has 1 aliphatic carbocycles. The second-order valence-corrected chi connectivity index (χ2v) is 7.45. The maximum Gasteiger partial charge on any atom is 0.250 e. The fourth-order valence-corrected chi connectivity index (χ4v) is 3.78. The first-order chi connectivity index (χ1) is 13.4. The first kappa shape index (κ1) is 18.3. The average molecular weight is 376 g/mol. The smallest absolute Gasteiger partial charge is 0.250 e. The molecule has 0 radical (unpaired) electrons. The van der Waals surface area contributed by atoms with Gasteiger partial charge < -0.3 is 21.8 Å². The molecule has 0 atom stereocenters. The number of carbonyl (C=O) groups is 2. The Balaban J connectivity index is 1.92. The molecular weight excluding hydrogens is 352 g/mol. The number of nitrogens with one attached hydrogen (secondary N) is 2. The number of fused-ring (bicyclic) bond motifs is 1. The molecule has 0 unspecified atom stereocenters. The van der Waals surface area contributed by atoms with E-state index in [4.69, 9.17) is 11.5 Å². The summed E-state index contributed by atoms with van der Waals surface area (Å²) in [6.45, 7) is 4.28. The fourth-order valence-electron chi connectivity index (χ4n) is 3.78. The maximum atomic E-state index is 12.3. The van der Waals surface area contributed by atoms with E-state index in [0.717, 1.165) is 57.4 Å². The largest absolute Gasteiger partial charge is 0.366 e. The van der Waals surface area contributed by atoms with Gasteiger partial charge in [0.25, 0.3) is 5.91 Å². The quantitative estimate of drug-likeness (QED) is 0.547. The molecule has 1 aromatic heterocycles. The molecule has 4 rings (SSSR count). The predicted molar refractivity (Wildman–Crippen MR) is 111 cm³/mol. The van der Waals surface area contributed by atoms with E-state index in [1.165, 1.54) is 0 Å². The van der Waals surface area contributed by atoms with Crippen molar-refractivity contribution in [1.82, 2.24) is 4.98 Å². The topological polar surface area (TPSA) is 114 Å². The van der Waals surface area contributed by atoms with Gasteiger partial charge in [0.1, 0.15) is 0 Å². The average Bonchev–Trinajstić information content (AvgIpc) is 3.47. The molecule has 6 nitrogen and oxygen atoms in total. The Kier molecular flexibility index (Phi) is 4.43. The third-order valence-electron chi connectivity index (χ3n) is 5.60. The minimum Gasteiger partial charge on any atom is -0.366 e. The van der Waals surface area contributed by atoms with Gasteiger partial charge in [-0.3, -0.25) is 9.59 Å². The van der Waals surface area contributed by atoms with Gasteiger partial charge in [-0.2, -0.15) is 0 Å². The Morgan fingerprint density at radius 1 is 1.14 bits per heavy atom. The van der Waals surface area contributed by atoms with Gasteiger partial charge in [-0.25, -0.2) is 0 Å². The molecule has 1 aliphatic rings. The predicted octanol–water partition coefficient (Wildman–Crippen LogP) is 3.36. The molecule has 1 fully saturated rings. The van der Waals surface area contributed by atoms with Crippen LogP contribution < -0.4 is 16.8 Å². The number of carbonyl (C=O) groups excluding carboxylic acids is 2. The van der Waals surface area contributed by atoms with Crippen molar-refractivity contribution in [3.8, 4) is 11.1 Å². The molecule has 3 aromatic rings. The summed E-state index contributed by atoms with van der Waals surface area (Å²) in [5.74, 6) is -0.303. The van der Waals surface area contributed by atoms with E-state index in [1.54, 1.807) is 6.07 Å². The normalized spacial score (nSPS) is 13.7. The van der Waals surface area contributed by atoms with Crippen molar-refractivity contribution in [2.24, 2.45) is 17.4 Å². The fraction of sp³-hybridized carbons (Fsp3) is 0.273. The van der Waals surface area contributed by atoms with E-state index in [1.807, 2.05) is 38.1 Å². The lowest BCUT2D eigenvalue weighted by atomic mass is 9.92. The Hall–Kier alpha value is -3.12. The zero-order valence-electron chi connectivity index (χ0n) is 16.1. The number of anilines is 1. The third-order valence-corrected chi connectivity index (χ3v) is 5.60. The molecule has 0 spiro atoms. The van der Waals surface area contributed by atoms with Crippen LogP contribution in [0.2, 0.25) is 0 Å². The number of primary amides is 1. The molecule has 0 saturated heterocycles. The number of aryl methyl sites for hydroxylation is 2. The van der Waals surface area contributed by atoms with Gasteiger partial charge in [0, 0.05) is 29.2 Å². The van der Waals surface area contributed by atoms with Crippen LogP contribution in [0.4, 0.5) is 5.69 Å². The number of amides is 2. The molecular formula is C22H24N4O2. The van der Waals surface area contributed by atoms with Crippen molar-refractivity contribution in [2.75, 3.05) is 5.32 Å². The Morgan fingerprint density at radius 3 is 2.54 bits per heavy atom. The van der Waals surface area contributed by atoms with Crippen molar-refractivity contribution < 1.29 is 9.59 Å². The Bertz CT molecular complexity index is 1110. The highest BCUT2D eigenvalue weighted by molar-refractivity contribution is 6.11. The molecule has 1 heterocycles. The number of hydrogen-bond donors (Lipinski definition) is 4. The number of benzene rings is 2. The lowest BCUT2D eigenvalue weighted by molar-refractivity contribution is -0.117. The van der Waals surface area contributed by atoms with Gasteiger partial charge in [0.05, 0.1) is 11.1 Å². The molecule has 144 valence electrons. The summed E-state index contributed by atoms with van der Waals surface area (Å²) in [7, 11) is 0. The van der Waals surface area contributed by atoms with Gasteiger partial charge in [-0.05, 0) is 61.1 Å². The van der Waals surface area contributed by atoms with E-state index in [-0.39, 0.29) is 18.4 Å². The highest BCUT2D eigenvalue weighted by Crippen LogP contribution is 2.38. The number of rotatable bonds is 5. The van der Waals surface area contributed by atoms with Gasteiger partial charge in [-0.1, -0.05) is 18.2 Å². The second-order valence-electron chi connectivity index (χ2n) is 7.45. The van der Waals surface area contributed by atoms with E-state index in [9.17, 15) is 9.59 Å². The summed E-state index contributed by atoms with van der Waals surface area (Å²) in [4.78, 5) is 27.5. The van der Waals surface area contributed by atoms with E-state index in [2.05, 4.69) is 10.3 Å². The first-order valence-corrected chi connectivity index (χ1v) is 9.47. The number of aromatic amines is 1. The van der Waals surface area contributed by atoms with E-state index < -0.39 is 5.91 Å².